The van der Waals surface area contributed by atoms with Crippen LogP contribution in [0.4, 0.5) is 17.1 Å². The van der Waals surface area contributed by atoms with Crippen LogP contribution in [-0.4, -0.2) is 4.57 Å². The van der Waals surface area contributed by atoms with Gasteiger partial charge in [0.1, 0.15) is 0 Å². The lowest BCUT2D eigenvalue weighted by atomic mass is 9.99. The zero-order chi connectivity index (χ0) is 33.3. The fourth-order valence-corrected chi connectivity index (χ4v) is 7.20. The van der Waals surface area contributed by atoms with E-state index in [2.05, 4.69) is 216 Å². The van der Waals surface area contributed by atoms with Crippen LogP contribution >= 0.6 is 0 Å². The molecule has 0 radical (unpaired) electrons. The second-order valence-corrected chi connectivity index (χ2v) is 12.6. The van der Waals surface area contributed by atoms with Gasteiger partial charge in [0.2, 0.25) is 0 Å². The van der Waals surface area contributed by atoms with Gasteiger partial charge in [-0.15, -0.1) is 0 Å². The second-order valence-electron chi connectivity index (χ2n) is 12.6. The highest BCUT2D eigenvalue weighted by Crippen LogP contribution is 2.43. The van der Waals surface area contributed by atoms with Gasteiger partial charge in [0, 0.05) is 33.4 Å². The van der Waals surface area contributed by atoms with Crippen molar-refractivity contribution in [1.82, 2.24) is 4.57 Å². The van der Waals surface area contributed by atoms with Crippen LogP contribution in [0.25, 0.3) is 60.9 Å². The summed E-state index contributed by atoms with van der Waals surface area (Å²) in [6, 6.07) is 74.0. The van der Waals surface area contributed by atoms with Gasteiger partial charge in [-0.1, -0.05) is 146 Å². The lowest BCUT2D eigenvalue weighted by Crippen LogP contribution is -2.11. The molecule has 8 aromatic carbocycles. The Bertz CT molecular complexity index is 2470. The summed E-state index contributed by atoms with van der Waals surface area (Å²) in [5, 5.41) is 2.48. The Morgan fingerprint density at radius 3 is 1.40 bits per heavy atom. The van der Waals surface area contributed by atoms with E-state index in [1.165, 1.54) is 55.2 Å². The molecule has 0 unspecified atom stereocenters. The number of anilines is 3. The summed E-state index contributed by atoms with van der Waals surface area (Å²) in [6.07, 6.45) is 0. The number of hydrogen-bond donors (Lipinski definition) is 0. The van der Waals surface area contributed by atoms with E-state index < -0.39 is 0 Å². The van der Waals surface area contributed by atoms with Crippen molar-refractivity contribution in [2.24, 2.45) is 0 Å². The highest BCUT2D eigenvalue weighted by Gasteiger charge is 2.19. The molecule has 0 aliphatic heterocycles. The zero-order valence-electron chi connectivity index (χ0n) is 27.5. The predicted molar refractivity (Wildman–Crippen MR) is 212 cm³/mol. The molecule has 2 nitrogen and oxygen atoms in total. The lowest BCUT2D eigenvalue weighted by Gasteiger charge is -2.28. The molecule has 0 atom stereocenters. The molecular weight excluding hydrogens is 605 g/mol. The number of fused-ring (bicyclic) bond motifs is 3. The van der Waals surface area contributed by atoms with Crippen molar-refractivity contribution >= 4 is 38.9 Å². The van der Waals surface area contributed by atoms with E-state index >= 15 is 0 Å². The summed E-state index contributed by atoms with van der Waals surface area (Å²) in [7, 11) is 0. The third kappa shape index (κ3) is 5.34. The van der Waals surface area contributed by atoms with E-state index in [9.17, 15) is 0 Å². The molecule has 0 bridgehead atoms. The highest BCUT2D eigenvalue weighted by atomic mass is 15.1. The molecule has 0 aliphatic rings. The van der Waals surface area contributed by atoms with E-state index in [0.29, 0.717) is 0 Å². The van der Waals surface area contributed by atoms with Crippen molar-refractivity contribution in [3.63, 3.8) is 0 Å². The van der Waals surface area contributed by atoms with Crippen molar-refractivity contribution in [1.29, 1.82) is 0 Å². The first kappa shape index (κ1) is 29.5. The molecule has 2 heteroatoms. The standard InChI is InChI=1S/C48H34N2/c1-4-14-35(15-5-1)37-24-29-41(30-25-37)49(42-31-26-38(27-32-42)36-16-6-2-7-17-36)46-22-12-10-20-43(46)39-28-33-48-45(34-39)44-21-11-13-23-47(44)50(48)40-18-8-3-9-19-40/h1-34H. The zero-order valence-corrected chi connectivity index (χ0v) is 27.5. The normalized spacial score (nSPS) is 11.2. The van der Waals surface area contributed by atoms with E-state index in [-0.39, 0.29) is 0 Å². The molecule has 0 N–H and O–H groups in total. The van der Waals surface area contributed by atoms with E-state index in [4.69, 9.17) is 0 Å². The number of para-hydroxylation sites is 3. The van der Waals surface area contributed by atoms with Gasteiger partial charge < -0.3 is 9.47 Å². The first-order chi connectivity index (χ1) is 24.8. The summed E-state index contributed by atoms with van der Waals surface area (Å²) < 4.78 is 2.37. The summed E-state index contributed by atoms with van der Waals surface area (Å²) in [5.41, 5.74) is 14.1. The summed E-state index contributed by atoms with van der Waals surface area (Å²) in [6.45, 7) is 0. The molecule has 1 heterocycles. The number of rotatable bonds is 7. The van der Waals surface area contributed by atoms with E-state index in [1.54, 1.807) is 0 Å². The molecule has 9 aromatic rings. The summed E-state index contributed by atoms with van der Waals surface area (Å²) >= 11 is 0. The molecule has 1 aromatic heterocycles. The van der Waals surface area contributed by atoms with Crippen molar-refractivity contribution in [3.8, 4) is 39.1 Å². The minimum atomic E-state index is 1.10. The average molecular weight is 639 g/mol. The molecule has 0 aliphatic carbocycles. The fraction of sp³-hybridized carbons (Fsp3) is 0. The van der Waals surface area contributed by atoms with Gasteiger partial charge in [-0.25, -0.2) is 0 Å². The largest absolute Gasteiger partial charge is 0.310 e. The van der Waals surface area contributed by atoms with Gasteiger partial charge in [0.15, 0.2) is 0 Å². The molecule has 0 fully saturated rings. The summed E-state index contributed by atoms with van der Waals surface area (Å²) in [5.74, 6) is 0. The SMILES string of the molecule is c1ccc(-c2ccc(N(c3ccc(-c4ccccc4)cc3)c3ccccc3-c3ccc4c(c3)c3ccccc3n4-c3ccccc3)cc2)cc1. The van der Waals surface area contributed by atoms with Crippen LogP contribution in [-0.2, 0) is 0 Å². The molecule has 236 valence electrons. The Labute approximate surface area is 292 Å². The van der Waals surface area contributed by atoms with Crippen molar-refractivity contribution in [3.05, 3.63) is 206 Å². The molecule has 50 heavy (non-hydrogen) atoms. The van der Waals surface area contributed by atoms with Gasteiger partial charge in [-0.05, 0) is 88.5 Å². The number of aromatic nitrogens is 1. The molecular formula is C48H34N2. The smallest absolute Gasteiger partial charge is 0.0541 e. The quantitative estimate of drug-likeness (QED) is 0.169. The van der Waals surface area contributed by atoms with Gasteiger partial charge in [0.05, 0.1) is 16.7 Å². The van der Waals surface area contributed by atoms with Gasteiger partial charge in [0.25, 0.3) is 0 Å². The maximum absolute atomic E-state index is 2.39. The van der Waals surface area contributed by atoms with Crippen LogP contribution in [0.15, 0.2) is 206 Å². The number of nitrogens with zero attached hydrogens (tertiary/aromatic N) is 2. The Hall–Kier alpha value is -6.64. The van der Waals surface area contributed by atoms with Gasteiger partial charge >= 0.3 is 0 Å². The first-order valence-corrected chi connectivity index (χ1v) is 17.1. The van der Waals surface area contributed by atoms with Crippen LogP contribution in [0.2, 0.25) is 0 Å². The van der Waals surface area contributed by atoms with Crippen molar-refractivity contribution in [2.75, 3.05) is 4.90 Å². The molecule has 0 saturated heterocycles. The van der Waals surface area contributed by atoms with E-state index in [1.807, 2.05) is 0 Å². The van der Waals surface area contributed by atoms with Crippen LogP contribution < -0.4 is 4.90 Å². The van der Waals surface area contributed by atoms with Crippen molar-refractivity contribution < 1.29 is 0 Å². The van der Waals surface area contributed by atoms with Crippen molar-refractivity contribution in [2.45, 2.75) is 0 Å². The Kier molecular flexibility index (Phi) is 7.53. The number of benzene rings is 8. The Balaban J connectivity index is 1.20. The monoisotopic (exact) mass is 638 g/mol. The minimum Gasteiger partial charge on any atom is -0.310 e. The van der Waals surface area contributed by atoms with Crippen LogP contribution in [0.1, 0.15) is 0 Å². The van der Waals surface area contributed by atoms with Crippen LogP contribution in [0.5, 0.6) is 0 Å². The molecule has 0 saturated carbocycles. The number of hydrogen-bond acceptors (Lipinski definition) is 1. The third-order valence-corrected chi connectivity index (χ3v) is 9.61. The van der Waals surface area contributed by atoms with E-state index in [0.717, 1.165) is 22.7 Å². The fourth-order valence-electron chi connectivity index (χ4n) is 7.20. The van der Waals surface area contributed by atoms with Crippen LogP contribution in [0.3, 0.4) is 0 Å². The van der Waals surface area contributed by atoms with Gasteiger partial charge in [-0.3, -0.25) is 0 Å². The average Bonchev–Trinajstić information content (AvgIpc) is 3.53. The molecule has 0 amide bonds. The highest BCUT2D eigenvalue weighted by molar-refractivity contribution is 6.11. The first-order valence-electron chi connectivity index (χ1n) is 17.1. The Morgan fingerprint density at radius 1 is 0.320 bits per heavy atom. The topological polar surface area (TPSA) is 8.17 Å². The molecule has 0 spiro atoms. The van der Waals surface area contributed by atoms with Crippen LogP contribution in [0, 0.1) is 0 Å². The minimum absolute atomic E-state index is 1.10. The summed E-state index contributed by atoms with van der Waals surface area (Å²) in [4.78, 5) is 2.39. The van der Waals surface area contributed by atoms with Gasteiger partial charge in [-0.2, -0.15) is 0 Å². The maximum Gasteiger partial charge on any atom is 0.0541 e. The predicted octanol–water partition coefficient (Wildman–Crippen LogP) is 13.3. The third-order valence-electron chi connectivity index (χ3n) is 9.61. The maximum atomic E-state index is 2.39. The lowest BCUT2D eigenvalue weighted by molar-refractivity contribution is 1.18. The molecule has 9 rings (SSSR count). The Morgan fingerprint density at radius 2 is 0.780 bits per heavy atom. The second kappa shape index (κ2) is 12.8.